The zero-order chi connectivity index (χ0) is 20.7. The van der Waals surface area contributed by atoms with Crippen LogP contribution in [-0.2, 0) is 0 Å². The number of nitrogens with two attached hydrogens (primary N) is 1. The summed E-state index contributed by atoms with van der Waals surface area (Å²) in [6, 6.07) is 10.3. The lowest BCUT2D eigenvalue weighted by Crippen LogP contribution is -2.34. The maximum Gasteiger partial charge on any atom is 0.145 e. The van der Waals surface area contributed by atoms with Gasteiger partial charge in [0.05, 0.1) is 22.0 Å². The summed E-state index contributed by atoms with van der Waals surface area (Å²) in [5.41, 5.74) is 7.77. The molecule has 7 heteroatoms. The predicted molar refractivity (Wildman–Crippen MR) is 120 cm³/mol. The summed E-state index contributed by atoms with van der Waals surface area (Å²) in [7, 11) is 0. The van der Waals surface area contributed by atoms with Crippen LogP contribution in [0.25, 0.3) is 21.9 Å². The first-order valence-corrected chi connectivity index (χ1v) is 10.7. The number of benzene rings is 1. The van der Waals surface area contributed by atoms with E-state index in [4.69, 9.17) is 22.1 Å². The molecule has 1 unspecified atom stereocenters. The van der Waals surface area contributed by atoms with Gasteiger partial charge in [-0.3, -0.25) is 4.98 Å². The summed E-state index contributed by atoms with van der Waals surface area (Å²) >= 11 is 6.00. The highest BCUT2D eigenvalue weighted by atomic mass is 35.5. The first-order valence-electron chi connectivity index (χ1n) is 10.4. The molecule has 1 aliphatic rings. The number of rotatable bonds is 6. The summed E-state index contributed by atoms with van der Waals surface area (Å²) < 4.78 is 8.36. The van der Waals surface area contributed by atoms with Gasteiger partial charge in [0.1, 0.15) is 23.5 Å². The number of nitrogens with zero attached hydrogens (tertiary/aromatic N) is 4. The number of halogens is 1. The number of aromatic nitrogens is 4. The lowest BCUT2D eigenvalue weighted by molar-refractivity contribution is 0.0580. The molecule has 1 aliphatic carbocycles. The topological polar surface area (TPSA) is 78.9 Å². The zero-order valence-corrected chi connectivity index (χ0v) is 17.6. The van der Waals surface area contributed by atoms with E-state index < -0.39 is 0 Å². The Morgan fingerprint density at radius 3 is 2.93 bits per heavy atom. The second-order valence-corrected chi connectivity index (χ2v) is 8.67. The number of hydrogen-bond acceptors (Lipinski definition) is 5. The van der Waals surface area contributed by atoms with Crippen molar-refractivity contribution >= 4 is 39.4 Å². The molecule has 154 valence electrons. The van der Waals surface area contributed by atoms with E-state index in [2.05, 4.69) is 32.6 Å². The number of hydrogen-bond donors (Lipinski definition) is 1. The van der Waals surface area contributed by atoms with Gasteiger partial charge >= 0.3 is 0 Å². The van der Waals surface area contributed by atoms with Crippen molar-refractivity contribution in [1.82, 2.24) is 19.5 Å². The summed E-state index contributed by atoms with van der Waals surface area (Å²) in [6.45, 7) is 2.23. The number of pyridine rings is 1. The smallest absolute Gasteiger partial charge is 0.145 e. The van der Waals surface area contributed by atoms with Crippen LogP contribution >= 0.6 is 11.6 Å². The SMILES string of the molecule is CC(CCC1CC(Oc2ccc3cc(Cl)cnc3c2)C1)n1ccc2c(N)ncnc21. The second-order valence-electron chi connectivity index (χ2n) is 8.23. The molecule has 5 rings (SSSR count). The highest BCUT2D eigenvalue weighted by Crippen LogP contribution is 2.37. The maximum absolute atomic E-state index is 6.16. The van der Waals surface area contributed by atoms with Crippen molar-refractivity contribution in [3.8, 4) is 5.75 Å². The monoisotopic (exact) mass is 421 g/mol. The predicted octanol–water partition coefficient (Wildman–Crippen LogP) is 5.41. The van der Waals surface area contributed by atoms with E-state index in [-0.39, 0.29) is 6.10 Å². The molecule has 0 amide bonds. The number of fused-ring (bicyclic) bond motifs is 2. The van der Waals surface area contributed by atoms with Crippen LogP contribution in [-0.4, -0.2) is 25.6 Å². The Morgan fingerprint density at radius 2 is 2.07 bits per heavy atom. The second kappa shape index (κ2) is 7.76. The summed E-state index contributed by atoms with van der Waals surface area (Å²) in [4.78, 5) is 12.9. The Bertz CT molecular complexity index is 1200. The summed E-state index contributed by atoms with van der Waals surface area (Å²) in [5, 5.41) is 2.60. The number of ether oxygens (including phenoxy) is 1. The average Bonchev–Trinajstić information content (AvgIpc) is 3.15. The summed E-state index contributed by atoms with van der Waals surface area (Å²) in [5.74, 6) is 2.12. The Kier molecular flexibility index (Phi) is 4.95. The van der Waals surface area contributed by atoms with E-state index in [0.29, 0.717) is 22.8 Å². The van der Waals surface area contributed by atoms with Gasteiger partial charge in [0.25, 0.3) is 0 Å². The number of nitrogen functional groups attached to an aromatic ring is 1. The van der Waals surface area contributed by atoms with Crippen LogP contribution in [0.4, 0.5) is 5.82 Å². The minimum absolute atomic E-state index is 0.287. The van der Waals surface area contributed by atoms with Crippen molar-refractivity contribution in [2.75, 3.05) is 5.73 Å². The molecule has 0 radical (unpaired) electrons. The van der Waals surface area contributed by atoms with Crippen LogP contribution in [0.15, 0.2) is 49.1 Å². The zero-order valence-electron chi connectivity index (χ0n) is 16.8. The molecule has 0 bridgehead atoms. The lowest BCUT2D eigenvalue weighted by Gasteiger charge is -2.36. The van der Waals surface area contributed by atoms with Crippen molar-refractivity contribution in [2.45, 2.75) is 44.8 Å². The van der Waals surface area contributed by atoms with Gasteiger partial charge in [-0.1, -0.05) is 11.6 Å². The van der Waals surface area contributed by atoms with E-state index >= 15 is 0 Å². The first kappa shape index (κ1) is 19.1. The molecule has 0 saturated heterocycles. The van der Waals surface area contributed by atoms with E-state index in [1.807, 2.05) is 30.3 Å². The van der Waals surface area contributed by atoms with Gasteiger partial charge in [0.2, 0.25) is 0 Å². The van der Waals surface area contributed by atoms with Crippen LogP contribution in [0.3, 0.4) is 0 Å². The molecule has 0 spiro atoms. The van der Waals surface area contributed by atoms with Crippen LogP contribution in [0.2, 0.25) is 5.02 Å². The van der Waals surface area contributed by atoms with Crippen LogP contribution in [0.5, 0.6) is 5.75 Å². The van der Waals surface area contributed by atoms with E-state index in [9.17, 15) is 0 Å². The molecule has 6 nitrogen and oxygen atoms in total. The van der Waals surface area contributed by atoms with Gasteiger partial charge in [0, 0.05) is 29.9 Å². The number of anilines is 1. The van der Waals surface area contributed by atoms with Crippen molar-refractivity contribution in [3.05, 3.63) is 54.1 Å². The van der Waals surface area contributed by atoms with Gasteiger partial charge in [-0.2, -0.15) is 0 Å². The molecule has 1 saturated carbocycles. The molecule has 1 aromatic carbocycles. The minimum Gasteiger partial charge on any atom is -0.490 e. The third kappa shape index (κ3) is 3.67. The Labute approximate surface area is 180 Å². The first-order chi connectivity index (χ1) is 14.6. The normalized spacial score (nSPS) is 19.7. The highest BCUT2D eigenvalue weighted by molar-refractivity contribution is 6.31. The van der Waals surface area contributed by atoms with Crippen molar-refractivity contribution in [2.24, 2.45) is 5.92 Å². The third-order valence-corrected chi connectivity index (χ3v) is 6.33. The van der Waals surface area contributed by atoms with Crippen molar-refractivity contribution in [1.29, 1.82) is 0 Å². The quantitative estimate of drug-likeness (QED) is 0.450. The molecule has 1 atom stereocenters. The fraction of sp³-hybridized carbons (Fsp3) is 0.348. The van der Waals surface area contributed by atoms with Gasteiger partial charge in [-0.25, -0.2) is 9.97 Å². The fourth-order valence-electron chi connectivity index (χ4n) is 4.31. The van der Waals surface area contributed by atoms with Gasteiger partial charge in [0.15, 0.2) is 0 Å². The van der Waals surface area contributed by atoms with Crippen molar-refractivity contribution < 1.29 is 4.74 Å². The van der Waals surface area contributed by atoms with E-state index in [1.54, 1.807) is 6.20 Å². The van der Waals surface area contributed by atoms with Gasteiger partial charge in [-0.05, 0) is 62.8 Å². The molecule has 3 heterocycles. The Balaban J connectivity index is 1.14. The average molecular weight is 422 g/mol. The third-order valence-electron chi connectivity index (χ3n) is 6.13. The molecule has 2 N–H and O–H groups in total. The standard InChI is InChI=1S/C23H24ClN5O/c1-14(29-7-6-20-22(25)27-13-28-23(20)29)2-3-15-8-19(9-15)30-18-5-4-16-10-17(24)12-26-21(16)11-18/h4-7,10-15,19H,2-3,8-9H2,1H3,(H2,25,27,28). The highest BCUT2D eigenvalue weighted by Gasteiger charge is 2.31. The molecule has 3 aromatic heterocycles. The molecular weight excluding hydrogens is 398 g/mol. The largest absolute Gasteiger partial charge is 0.490 e. The maximum atomic E-state index is 6.16. The minimum atomic E-state index is 0.287. The Hall–Kier alpha value is -2.86. The van der Waals surface area contributed by atoms with E-state index in [0.717, 1.165) is 46.9 Å². The fourth-order valence-corrected chi connectivity index (χ4v) is 4.48. The van der Waals surface area contributed by atoms with E-state index in [1.165, 1.54) is 12.7 Å². The molecule has 4 aromatic rings. The molecule has 0 aliphatic heterocycles. The lowest BCUT2D eigenvalue weighted by atomic mass is 9.78. The Morgan fingerprint density at radius 1 is 1.20 bits per heavy atom. The van der Waals surface area contributed by atoms with Crippen molar-refractivity contribution in [3.63, 3.8) is 0 Å². The van der Waals surface area contributed by atoms with Crippen LogP contribution in [0, 0.1) is 5.92 Å². The molecule has 1 fully saturated rings. The van der Waals surface area contributed by atoms with Gasteiger partial charge < -0.3 is 15.0 Å². The molecular formula is C23H24ClN5O. The van der Waals surface area contributed by atoms with Crippen LogP contribution in [0.1, 0.15) is 38.6 Å². The summed E-state index contributed by atoms with van der Waals surface area (Å²) in [6.07, 6.45) is 10.0. The van der Waals surface area contributed by atoms with Gasteiger partial charge in [-0.15, -0.1) is 0 Å². The molecule has 30 heavy (non-hydrogen) atoms. The van der Waals surface area contributed by atoms with Crippen LogP contribution < -0.4 is 10.5 Å².